The Hall–Kier alpha value is -1.62. The maximum Gasteiger partial charge on any atom is 0.239 e. The van der Waals surface area contributed by atoms with E-state index in [-0.39, 0.29) is 17.8 Å². The van der Waals surface area contributed by atoms with Crippen LogP contribution in [0.15, 0.2) is 24.3 Å². The molecule has 1 aliphatic heterocycles. The molecule has 0 bridgehead atoms. The molecule has 1 fully saturated rings. The molecule has 1 heterocycles. The highest BCUT2D eigenvalue weighted by atomic mass is 19.1. The zero-order valence-corrected chi connectivity index (χ0v) is 11.9. The van der Waals surface area contributed by atoms with Gasteiger partial charge in [0.15, 0.2) is 0 Å². The fourth-order valence-electron chi connectivity index (χ4n) is 2.51. The van der Waals surface area contributed by atoms with Gasteiger partial charge in [-0.25, -0.2) is 4.39 Å². The summed E-state index contributed by atoms with van der Waals surface area (Å²) in [4.78, 5) is 16.1. The van der Waals surface area contributed by atoms with Gasteiger partial charge in [-0.15, -0.1) is 0 Å². The van der Waals surface area contributed by atoms with Crippen molar-refractivity contribution in [2.45, 2.75) is 25.8 Å². The van der Waals surface area contributed by atoms with E-state index in [1.807, 2.05) is 11.8 Å². The van der Waals surface area contributed by atoms with Gasteiger partial charge in [-0.1, -0.05) is 13.3 Å². The fraction of sp³-hybridized carbons (Fsp3) is 0.533. The lowest BCUT2D eigenvalue weighted by Gasteiger charge is -2.37. The first-order chi connectivity index (χ1) is 9.61. The van der Waals surface area contributed by atoms with Crippen molar-refractivity contribution in [2.24, 2.45) is 5.73 Å². The molecule has 110 valence electrons. The van der Waals surface area contributed by atoms with Crippen LogP contribution in [0.25, 0.3) is 0 Å². The molecule has 1 aromatic rings. The molecule has 20 heavy (non-hydrogen) atoms. The van der Waals surface area contributed by atoms with E-state index in [0.717, 1.165) is 31.6 Å². The Morgan fingerprint density at radius 1 is 1.25 bits per heavy atom. The highest BCUT2D eigenvalue weighted by Crippen LogP contribution is 2.17. The molecule has 0 aromatic heterocycles. The molecule has 5 heteroatoms. The Labute approximate surface area is 119 Å². The molecule has 1 aromatic carbocycles. The molecular formula is C15H22FN3O. The lowest BCUT2D eigenvalue weighted by molar-refractivity contribution is -0.133. The van der Waals surface area contributed by atoms with E-state index in [9.17, 15) is 9.18 Å². The zero-order valence-electron chi connectivity index (χ0n) is 11.9. The molecule has 2 rings (SSSR count). The standard InChI is InChI=1S/C15H22FN3O/c1-2-3-14(17)15(20)19-10-8-18(9-11-19)13-6-4-12(16)5-7-13/h4-7,14H,2-3,8-11,17H2,1H3/t14-/m1/s1. The first kappa shape index (κ1) is 14.8. The number of anilines is 1. The van der Waals surface area contributed by atoms with E-state index in [1.165, 1.54) is 12.1 Å². The number of nitrogens with zero attached hydrogens (tertiary/aromatic N) is 2. The average molecular weight is 279 g/mol. The van der Waals surface area contributed by atoms with Gasteiger partial charge in [-0.3, -0.25) is 4.79 Å². The van der Waals surface area contributed by atoms with E-state index < -0.39 is 0 Å². The van der Waals surface area contributed by atoms with E-state index in [4.69, 9.17) is 5.73 Å². The Bertz CT molecular complexity index is 441. The summed E-state index contributed by atoms with van der Waals surface area (Å²) in [5.74, 6) is -0.182. The summed E-state index contributed by atoms with van der Waals surface area (Å²) in [5.41, 5.74) is 6.87. The van der Waals surface area contributed by atoms with Crippen LogP contribution in [0.3, 0.4) is 0 Å². The van der Waals surface area contributed by atoms with Crippen LogP contribution in [0, 0.1) is 5.82 Å². The summed E-state index contributed by atoms with van der Waals surface area (Å²) in [6, 6.07) is 6.09. The summed E-state index contributed by atoms with van der Waals surface area (Å²) in [6.45, 7) is 4.90. The van der Waals surface area contributed by atoms with Crippen molar-refractivity contribution in [3.8, 4) is 0 Å². The highest BCUT2D eigenvalue weighted by Gasteiger charge is 2.24. The maximum absolute atomic E-state index is 12.9. The Morgan fingerprint density at radius 3 is 2.40 bits per heavy atom. The number of hydrogen-bond acceptors (Lipinski definition) is 3. The lowest BCUT2D eigenvalue weighted by atomic mass is 10.1. The van der Waals surface area contributed by atoms with Crippen molar-refractivity contribution in [1.82, 2.24) is 4.90 Å². The minimum atomic E-state index is -0.377. The Balaban J connectivity index is 1.89. The van der Waals surface area contributed by atoms with Gasteiger partial charge in [-0.2, -0.15) is 0 Å². The first-order valence-corrected chi connectivity index (χ1v) is 7.16. The van der Waals surface area contributed by atoms with Crippen molar-refractivity contribution in [3.05, 3.63) is 30.1 Å². The van der Waals surface area contributed by atoms with E-state index in [2.05, 4.69) is 4.90 Å². The molecule has 0 spiro atoms. The second-order valence-electron chi connectivity index (χ2n) is 5.18. The van der Waals surface area contributed by atoms with Crippen molar-refractivity contribution >= 4 is 11.6 Å². The van der Waals surface area contributed by atoms with Crippen LogP contribution in [0.4, 0.5) is 10.1 Å². The molecule has 4 nitrogen and oxygen atoms in total. The number of carbonyl (C=O) groups is 1. The van der Waals surface area contributed by atoms with Crippen molar-refractivity contribution < 1.29 is 9.18 Å². The quantitative estimate of drug-likeness (QED) is 0.911. The lowest BCUT2D eigenvalue weighted by Crippen LogP contribution is -2.53. The number of benzene rings is 1. The van der Waals surface area contributed by atoms with E-state index >= 15 is 0 Å². The molecular weight excluding hydrogens is 257 g/mol. The molecule has 2 N–H and O–H groups in total. The predicted molar refractivity (Wildman–Crippen MR) is 78.1 cm³/mol. The first-order valence-electron chi connectivity index (χ1n) is 7.16. The fourth-order valence-corrected chi connectivity index (χ4v) is 2.51. The minimum absolute atomic E-state index is 0.0469. The van der Waals surface area contributed by atoms with Crippen LogP contribution in [-0.4, -0.2) is 43.0 Å². The minimum Gasteiger partial charge on any atom is -0.368 e. The number of hydrogen-bond donors (Lipinski definition) is 1. The summed E-state index contributed by atoms with van der Waals surface area (Å²) >= 11 is 0. The largest absolute Gasteiger partial charge is 0.368 e. The molecule has 0 aliphatic carbocycles. The Kier molecular flexibility index (Phi) is 4.95. The Morgan fingerprint density at radius 2 is 1.85 bits per heavy atom. The van der Waals surface area contributed by atoms with E-state index in [1.54, 1.807) is 12.1 Å². The van der Waals surface area contributed by atoms with Crippen LogP contribution >= 0.6 is 0 Å². The van der Waals surface area contributed by atoms with Gasteiger partial charge < -0.3 is 15.5 Å². The molecule has 1 atom stereocenters. The van der Waals surface area contributed by atoms with Crippen LogP contribution in [0.1, 0.15) is 19.8 Å². The van der Waals surface area contributed by atoms with Gasteiger partial charge in [0.2, 0.25) is 5.91 Å². The van der Waals surface area contributed by atoms with Crippen LogP contribution in [-0.2, 0) is 4.79 Å². The molecule has 1 aliphatic rings. The summed E-state index contributed by atoms with van der Waals surface area (Å²) in [6.07, 6.45) is 1.65. The molecule has 1 saturated heterocycles. The van der Waals surface area contributed by atoms with Crippen LogP contribution in [0.2, 0.25) is 0 Å². The predicted octanol–water partition coefficient (Wildman–Crippen LogP) is 1.60. The monoisotopic (exact) mass is 279 g/mol. The number of rotatable bonds is 4. The molecule has 0 saturated carbocycles. The van der Waals surface area contributed by atoms with Crippen LogP contribution in [0.5, 0.6) is 0 Å². The topological polar surface area (TPSA) is 49.6 Å². The summed E-state index contributed by atoms with van der Waals surface area (Å²) in [5, 5.41) is 0. The second-order valence-corrected chi connectivity index (χ2v) is 5.18. The van der Waals surface area contributed by atoms with Gasteiger partial charge in [0.1, 0.15) is 5.82 Å². The van der Waals surface area contributed by atoms with Gasteiger partial charge in [0.25, 0.3) is 0 Å². The number of amides is 1. The SMILES string of the molecule is CCC[C@@H](N)C(=O)N1CCN(c2ccc(F)cc2)CC1. The van der Waals surface area contributed by atoms with Crippen LogP contribution < -0.4 is 10.6 Å². The smallest absolute Gasteiger partial charge is 0.239 e. The molecule has 1 amide bonds. The normalized spacial score (nSPS) is 17.1. The van der Waals surface area contributed by atoms with Gasteiger partial charge in [-0.05, 0) is 30.7 Å². The van der Waals surface area contributed by atoms with Crippen molar-refractivity contribution in [3.63, 3.8) is 0 Å². The molecule has 0 radical (unpaired) electrons. The van der Waals surface area contributed by atoms with Gasteiger partial charge in [0.05, 0.1) is 6.04 Å². The number of halogens is 1. The highest BCUT2D eigenvalue weighted by molar-refractivity contribution is 5.81. The number of nitrogens with two attached hydrogens (primary N) is 1. The average Bonchev–Trinajstić information content (AvgIpc) is 2.48. The summed E-state index contributed by atoms with van der Waals surface area (Å²) in [7, 11) is 0. The third-order valence-corrected chi connectivity index (χ3v) is 3.70. The number of carbonyl (C=O) groups excluding carboxylic acids is 1. The maximum atomic E-state index is 12.9. The third-order valence-electron chi connectivity index (χ3n) is 3.70. The third kappa shape index (κ3) is 3.48. The van der Waals surface area contributed by atoms with Gasteiger partial charge in [0, 0.05) is 31.9 Å². The van der Waals surface area contributed by atoms with Crippen molar-refractivity contribution in [2.75, 3.05) is 31.1 Å². The summed E-state index contributed by atoms with van der Waals surface area (Å²) < 4.78 is 12.9. The van der Waals surface area contributed by atoms with Gasteiger partial charge >= 0.3 is 0 Å². The number of piperazine rings is 1. The van der Waals surface area contributed by atoms with Crippen molar-refractivity contribution in [1.29, 1.82) is 0 Å². The van der Waals surface area contributed by atoms with E-state index in [0.29, 0.717) is 13.1 Å². The second kappa shape index (κ2) is 6.70. The molecule has 0 unspecified atom stereocenters. The zero-order chi connectivity index (χ0) is 14.5.